The lowest BCUT2D eigenvalue weighted by atomic mass is 10.4. The van der Waals surface area contributed by atoms with Crippen molar-refractivity contribution in [1.82, 2.24) is 24.6 Å². The second-order valence-electron chi connectivity index (χ2n) is 5.17. The molecule has 0 aromatic carbocycles. The number of carbonyl (C=O) groups is 2. The maximum Gasteiger partial charge on any atom is 0.273 e. The van der Waals surface area contributed by atoms with E-state index in [1.165, 1.54) is 18.3 Å². The average molecular weight is 320 g/mol. The molecular weight excluding hydrogens is 304 g/mol. The molecule has 3 rings (SSSR count). The molecule has 0 unspecified atom stereocenters. The van der Waals surface area contributed by atoms with Gasteiger partial charge in [-0.05, 0) is 6.42 Å². The van der Waals surface area contributed by atoms with Gasteiger partial charge in [-0.2, -0.15) is 0 Å². The van der Waals surface area contributed by atoms with Crippen molar-refractivity contribution < 1.29 is 9.59 Å². The predicted molar refractivity (Wildman–Crippen MR) is 80.6 cm³/mol. The molecule has 1 N–H and O–H groups in total. The molecule has 2 aromatic heterocycles. The monoisotopic (exact) mass is 320 g/mol. The van der Waals surface area contributed by atoms with E-state index in [0.717, 1.165) is 31.0 Å². The number of amides is 2. The van der Waals surface area contributed by atoms with Crippen molar-refractivity contribution in [2.45, 2.75) is 32.9 Å². The Kier molecular flexibility index (Phi) is 3.88. The summed E-state index contributed by atoms with van der Waals surface area (Å²) in [5, 5.41) is 12.9. The first-order chi connectivity index (χ1) is 10.5. The molecular formula is C13H16N6O2S. The fraction of sp³-hybridized carbons (Fsp3) is 0.462. The molecule has 0 atom stereocenters. The van der Waals surface area contributed by atoms with Crippen LogP contribution in [0.3, 0.4) is 0 Å². The van der Waals surface area contributed by atoms with E-state index < -0.39 is 0 Å². The van der Waals surface area contributed by atoms with Crippen LogP contribution in [0.4, 0.5) is 5.13 Å². The Morgan fingerprint density at radius 3 is 3.05 bits per heavy atom. The highest BCUT2D eigenvalue weighted by atomic mass is 32.1. The molecule has 0 spiro atoms. The highest BCUT2D eigenvalue weighted by molar-refractivity contribution is 7.14. The zero-order valence-electron chi connectivity index (χ0n) is 12.4. The van der Waals surface area contributed by atoms with Crippen molar-refractivity contribution in [2.75, 3.05) is 12.4 Å². The lowest BCUT2D eigenvalue weighted by Gasteiger charge is -2.15. The minimum absolute atomic E-state index is 0.205. The first-order valence-corrected chi connectivity index (χ1v) is 7.82. The highest BCUT2D eigenvalue weighted by Gasteiger charge is 2.21. The second kappa shape index (κ2) is 5.84. The van der Waals surface area contributed by atoms with E-state index in [1.807, 2.05) is 0 Å². The number of anilines is 1. The standard InChI is InChI=1S/C13H16N6O2S/c1-8(20)14-13-15-9(7-22-13)12(21)18(2)6-11-17-16-10-4-3-5-19(10)11/h7H,3-6H2,1-2H3,(H,14,15,20). The van der Waals surface area contributed by atoms with Crippen LogP contribution in [0.25, 0.3) is 0 Å². The third-order valence-corrected chi connectivity index (χ3v) is 4.18. The van der Waals surface area contributed by atoms with E-state index in [-0.39, 0.29) is 11.8 Å². The summed E-state index contributed by atoms with van der Waals surface area (Å²) in [4.78, 5) is 29.0. The SMILES string of the molecule is CC(=O)Nc1nc(C(=O)N(C)Cc2nnc3n2CCC3)cs1. The Balaban J connectivity index is 1.69. The summed E-state index contributed by atoms with van der Waals surface area (Å²) in [5.74, 6) is 1.36. The minimum atomic E-state index is -0.208. The van der Waals surface area contributed by atoms with Crippen LogP contribution in [0.15, 0.2) is 5.38 Å². The number of hydrogen-bond donors (Lipinski definition) is 1. The summed E-state index contributed by atoms with van der Waals surface area (Å²) in [6.45, 7) is 2.70. The molecule has 116 valence electrons. The summed E-state index contributed by atoms with van der Waals surface area (Å²) in [7, 11) is 1.70. The Morgan fingerprint density at radius 1 is 1.45 bits per heavy atom. The van der Waals surface area contributed by atoms with Crippen LogP contribution in [0.1, 0.15) is 35.5 Å². The summed E-state index contributed by atoms with van der Waals surface area (Å²) in [5.41, 5.74) is 0.317. The highest BCUT2D eigenvalue weighted by Crippen LogP contribution is 2.18. The molecule has 1 aliphatic heterocycles. The van der Waals surface area contributed by atoms with Gasteiger partial charge in [-0.1, -0.05) is 0 Å². The Morgan fingerprint density at radius 2 is 2.27 bits per heavy atom. The fourth-order valence-electron chi connectivity index (χ4n) is 2.39. The first kappa shape index (κ1) is 14.6. The molecule has 0 saturated heterocycles. The number of thiazole rings is 1. The Labute approximate surface area is 131 Å². The number of nitrogens with zero attached hydrogens (tertiary/aromatic N) is 5. The molecule has 2 aromatic rings. The number of nitrogens with one attached hydrogen (secondary N) is 1. The quantitative estimate of drug-likeness (QED) is 0.904. The molecule has 9 heteroatoms. The van der Waals surface area contributed by atoms with Crippen LogP contribution >= 0.6 is 11.3 Å². The normalized spacial score (nSPS) is 13.0. The molecule has 0 radical (unpaired) electrons. The minimum Gasteiger partial charge on any atom is -0.333 e. The van der Waals surface area contributed by atoms with Crippen molar-refractivity contribution in [1.29, 1.82) is 0 Å². The van der Waals surface area contributed by atoms with E-state index in [4.69, 9.17) is 0 Å². The number of aryl methyl sites for hydroxylation is 1. The third kappa shape index (κ3) is 2.84. The van der Waals surface area contributed by atoms with E-state index in [1.54, 1.807) is 17.3 Å². The smallest absolute Gasteiger partial charge is 0.273 e. The largest absolute Gasteiger partial charge is 0.333 e. The van der Waals surface area contributed by atoms with Crippen LogP contribution in [-0.2, 0) is 24.3 Å². The lowest BCUT2D eigenvalue weighted by Crippen LogP contribution is -2.28. The maximum atomic E-state index is 12.4. The van der Waals surface area contributed by atoms with Crippen molar-refractivity contribution in [3.8, 4) is 0 Å². The summed E-state index contributed by atoms with van der Waals surface area (Å²) >= 11 is 1.23. The van der Waals surface area contributed by atoms with E-state index in [9.17, 15) is 9.59 Å². The van der Waals surface area contributed by atoms with Gasteiger partial charge in [0.15, 0.2) is 11.0 Å². The molecule has 0 bridgehead atoms. The van der Waals surface area contributed by atoms with Gasteiger partial charge in [-0.3, -0.25) is 9.59 Å². The van der Waals surface area contributed by atoms with Crippen molar-refractivity contribution in [3.63, 3.8) is 0 Å². The Hall–Kier alpha value is -2.29. The van der Waals surface area contributed by atoms with Crippen LogP contribution in [-0.4, -0.2) is 43.5 Å². The molecule has 0 aliphatic carbocycles. The zero-order valence-corrected chi connectivity index (χ0v) is 13.2. The number of hydrogen-bond acceptors (Lipinski definition) is 6. The molecule has 3 heterocycles. The first-order valence-electron chi connectivity index (χ1n) is 6.94. The van der Waals surface area contributed by atoms with Gasteiger partial charge < -0.3 is 14.8 Å². The van der Waals surface area contributed by atoms with Gasteiger partial charge in [-0.15, -0.1) is 21.5 Å². The summed E-state index contributed by atoms with van der Waals surface area (Å²) in [6.07, 6.45) is 2.01. The van der Waals surface area contributed by atoms with E-state index >= 15 is 0 Å². The van der Waals surface area contributed by atoms with Crippen LogP contribution in [0.5, 0.6) is 0 Å². The van der Waals surface area contributed by atoms with Crippen molar-refractivity contribution in [2.24, 2.45) is 0 Å². The lowest BCUT2D eigenvalue weighted by molar-refractivity contribution is -0.114. The fourth-order valence-corrected chi connectivity index (χ4v) is 3.12. The van der Waals surface area contributed by atoms with Crippen LogP contribution < -0.4 is 5.32 Å². The third-order valence-electron chi connectivity index (χ3n) is 3.42. The van der Waals surface area contributed by atoms with E-state index in [2.05, 4.69) is 25.1 Å². The van der Waals surface area contributed by atoms with E-state index in [0.29, 0.717) is 17.4 Å². The maximum absolute atomic E-state index is 12.4. The van der Waals surface area contributed by atoms with Gasteiger partial charge in [0.05, 0.1) is 6.54 Å². The number of carbonyl (C=O) groups excluding carboxylic acids is 2. The topological polar surface area (TPSA) is 93.0 Å². The van der Waals surface area contributed by atoms with Gasteiger partial charge in [0.25, 0.3) is 5.91 Å². The van der Waals surface area contributed by atoms with Gasteiger partial charge in [0.1, 0.15) is 11.5 Å². The number of rotatable bonds is 4. The molecule has 2 amide bonds. The zero-order chi connectivity index (χ0) is 15.7. The summed E-state index contributed by atoms with van der Waals surface area (Å²) in [6, 6.07) is 0. The Bertz CT molecular complexity index is 722. The van der Waals surface area contributed by atoms with Gasteiger partial charge >= 0.3 is 0 Å². The summed E-state index contributed by atoms with van der Waals surface area (Å²) < 4.78 is 2.06. The molecule has 1 aliphatic rings. The molecule has 0 fully saturated rings. The average Bonchev–Trinajstić information content (AvgIpc) is 3.15. The predicted octanol–water partition coefficient (Wildman–Crippen LogP) is 0.911. The van der Waals surface area contributed by atoms with Gasteiger partial charge in [0.2, 0.25) is 5.91 Å². The number of fused-ring (bicyclic) bond motifs is 1. The second-order valence-corrected chi connectivity index (χ2v) is 6.03. The van der Waals surface area contributed by atoms with Crippen molar-refractivity contribution in [3.05, 3.63) is 22.7 Å². The molecule has 0 saturated carbocycles. The van der Waals surface area contributed by atoms with Crippen molar-refractivity contribution >= 4 is 28.3 Å². The molecule has 8 nitrogen and oxygen atoms in total. The molecule has 22 heavy (non-hydrogen) atoms. The van der Waals surface area contributed by atoms with Gasteiger partial charge in [-0.25, -0.2) is 4.98 Å². The van der Waals surface area contributed by atoms with Gasteiger partial charge in [0, 0.05) is 32.3 Å². The van der Waals surface area contributed by atoms with Crippen LogP contribution in [0, 0.1) is 0 Å². The number of aromatic nitrogens is 4. The van der Waals surface area contributed by atoms with Crippen LogP contribution in [0.2, 0.25) is 0 Å².